The zero-order valence-electron chi connectivity index (χ0n) is 4.87. The van der Waals surface area contributed by atoms with Gasteiger partial charge in [0.2, 0.25) is 0 Å². The molecule has 0 amide bonds. The van der Waals surface area contributed by atoms with E-state index < -0.39 is 6.16 Å². The Bertz CT molecular complexity index is 127. The Morgan fingerprint density at radius 1 is 1.44 bits per heavy atom. The highest BCUT2D eigenvalue weighted by molar-refractivity contribution is 5.69. The summed E-state index contributed by atoms with van der Waals surface area (Å²) in [5, 5.41) is 0. The monoisotopic (exact) mass is 130 g/mol. The number of hydrogen-bond donors (Lipinski definition) is 0. The molecular weight excluding hydrogens is 124 g/mol. The summed E-state index contributed by atoms with van der Waals surface area (Å²) in [6.45, 7) is 1.67. The maximum atomic E-state index is 10.1. The molecule has 9 heavy (non-hydrogen) atoms. The van der Waals surface area contributed by atoms with E-state index >= 15 is 0 Å². The molecular formula is C5H6O4. The standard InChI is InChI=1S/C5H6O4/c1-2-3-8-5(7)9-4-6/h2-4H,1H3. The van der Waals surface area contributed by atoms with Crippen LogP contribution >= 0.6 is 0 Å². The van der Waals surface area contributed by atoms with Gasteiger partial charge in [-0.25, -0.2) is 4.79 Å². The lowest BCUT2D eigenvalue weighted by atomic mass is 10.7. The van der Waals surface area contributed by atoms with Gasteiger partial charge in [0, 0.05) is 0 Å². The first-order valence-electron chi connectivity index (χ1n) is 2.23. The molecule has 0 bridgehead atoms. The number of ether oxygens (including phenoxy) is 2. The maximum Gasteiger partial charge on any atom is 0.520 e. The van der Waals surface area contributed by atoms with E-state index in [2.05, 4.69) is 9.47 Å². The fourth-order valence-corrected chi connectivity index (χ4v) is 0.191. The zero-order chi connectivity index (χ0) is 7.11. The molecule has 0 aromatic carbocycles. The number of carbonyl (C=O) groups excluding carboxylic acids is 2. The molecule has 50 valence electrons. The first-order valence-corrected chi connectivity index (χ1v) is 2.23. The lowest BCUT2D eigenvalue weighted by molar-refractivity contribution is -0.124. The second-order valence-corrected chi connectivity index (χ2v) is 1.05. The van der Waals surface area contributed by atoms with Gasteiger partial charge in [-0.15, -0.1) is 0 Å². The molecule has 0 fully saturated rings. The van der Waals surface area contributed by atoms with Crippen LogP contribution < -0.4 is 0 Å². The summed E-state index contributed by atoms with van der Waals surface area (Å²) in [6.07, 6.45) is 1.58. The van der Waals surface area contributed by atoms with Crippen LogP contribution in [0, 0.1) is 0 Å². The molecule has 0 N–H and O–H groups in total. The number of carbonyl (C=O) groups is 2. The van der Waals surface area contributed by atoms with Gasteiger partial charge >= 0.3 is 12.6 Å². The minimum absolute atomic E-state index is 0.00579. The van der Waals surface area contributed by atoms with Gasteiger partial charge in [0.25, 0.3) is 0 Å². The number of allylic oxidation sites excluding steroid dienone is 1. The maximum absolute atomic E-state index is 10.1. The SMILES string of the molecule is CC=COC(=O)OC=O. The minimum Gasteiger partial charge on any atom is -0.403 e. The quantitative estimate of drug-likeness (QED) is 0.240. The predicted octanol–water partition coefficient (Wildman–Crippen LogP) is 0.830. The van der Waals surface area contributed by atoms with E-state index in [4.69, 9.17) is 0 Å². The fourth-order valence-electron chi connectivity index (χ4n) is 0.191. The lowest BCUT2D eigenvalue weighted by Gasteiger charge is -1.90. The molecule has 0 aliphatic rings. The predicted molar refractivity (Wildman–Crippen MR) is 28.4 cm³/mol. The van der Waals surface area contributed by atoms with Crippen LogP contribution in [0.4, 0.5) is 4.79 Å². The van der Waals surface area contributed by atoms with Crippen molar-refractivity contribution >= 4 is 12.6 Å². The summed E-state index contributed by atoms with van der Waals surface area (Å²) in [6, 6.07) is 0. The van der Waals surface area contributed by atoms with E-state index in [1.165, 1.54) is 6.08 Å². The third-order valence-corrected chi connectivity index (χ3v) is 0.445. The van der Waals surface area contributed by atoms with Gasteiger partial charge in [0.05, 0.1) is 6.26 Å². The zero-order valence-corrected chi connectivity index (χ0v) is 4.87. The van der Waals surface area contributed by atoms with Gasteiger partial charge in [-0.3, -0.25) is 4.79 Å². The van der Waals surface area contributed by atoms with Gasteiger partial charge in [0.15, 0.2) is 0 Å². The highest BCUT2D eigenvalue weighted by Crippen LogP contribution is 1.82. The molecule has 0 saturated heterocycles. The van der Waals surface area contributed by atoms with E-state index in [-0.39, 0.29) is 6.47 Å². The lowest BCUT2D eigenvalue weighted by Crippen LogP contribution is -2.00. The van der Waals surface area contributed by atoms with Gasteiger partial charge in [-0.05, 0) is 6.92 Å². The smallest absolute Gasteiger partial charge is 0.403 e. The van der Waals surface area contributed by atoms with Crippen LogP contribution in [0.1, 0.15) is 6.92 Å². The van der Waals surface area contributed by atoms with Crippen molar-refractivity contribution < 1.29 is 19.1 Å². The summed E-state index contributed by atoms with van der Waals surface area (Å²) in [5.74, 6) is 0. The Morgan fingerprint density at radius 3 is 2.56 bits per heavy atom. The number of hydrogen-bond acceptors (Lipinski definition) is 4. The average molecular weight is 130 g/mol. The summed E-state index contributed by atoms with van der Waals surface area (Å²) in [4.78, 5) is 19.5. The van der Waals surface area contributed by atoms with Crippen molar-refractivity contribution in [2.45, 2.75) is 6.92 Å². The molecule has 0 aliphatic heterocycles. The molecule has 0 saturated carbocycles. The molecule has 0 aromatic rings. The normalized spacial score (nSPS) is 9.00. The van der Waals surface area contributed by atoms with Gasteiger partial charge in [0.1, 0.15) is 0 Å². The van der Waals surface area contributed by atoms with Crippen LogP contribution in [-0.4, -0.2) is 12.6 Å². The molecule has 0 aromatic heterocycles. The van der Waals surface area contributed by atoms with E-state index in [1.807, 2.05) is 0 Å². The van der Waals surface area contributed by atoms with Crippen LogP contribution in [0.2, 0.25) is 0 Å². The molecule has 0 atom stereocenters. The third kappa shape index (κ3) is 4.53. The minimum atomic E-state index is -1.02. The highest BCUT2D eigenvalue weighted by atomic mass is 16.7. The topological polar surface area (TPSA) is 52.6 Å². The average Bonchev–Trinajstić information content (AvgIpc) is 1.85. The Kier molecular flexibility index (Phi) is 4.12. The van der Waals surface area contributed by atoms with Crippen molar-refractivity contribution in [2.24, 2.45) is 0 Å². The van der Waals surface area contributed by atoms with Crippen molar-refractivity contribution in [3.63, 3.8) is 0 Å². The van der Waals surface area contributed by atoms with Crippen molar-refractivity contribution in [2.75, 3.05) is 0 Å². The first-order chi connectivity index (χ1) is 4.31. The van der Waals surface area contributed by atoms with Crippen LogP contribution in [-0.2, 0) is 14.3 Å². The van der Waals surface area contributed by atoms with Gasteiger partial charge in [-0.2, -0.15) is 0 Å². The van der Waals surface area contributed by atoms with E-state index in [9.17, 15) is 9.59 Å². The Balaban J connectivity index is 3.38. The highest BCUT2D eigenvalue weighted by Gasteiger charge is 1.96. The van der Waals surface area contributed by atoms with Gasteiger partial charge < -0.3 is 9.47 Å². The van der Waals surface area contributed by atoms with Crippen molar-refractivity contribution in [3.8, 4) is 0 Å². The van der Waals surface area contributed by atoms with Crippen molar-refractivity contribution in [1.29, 1.82) is 0 Å². The third-order valence-electron chi connectivity index (χ3n) is 0.445. The fraction of sp³-hybridized carbons (Fsp3) is 0.200. The van der Waals surface area contributed by atoms with Crippen LogP contribution in [0.25, 0.3) is 0 Å². The Hall–Kier alpha value is -1.32. The Morgan fingerprint density at radius 2 is 2.11 bits per heavy atom. The molecule has 4 nitrogen and oxygen atoms in total. The Labute approximate surface area is 52.1 Å². The van der Waals surface area contributed by atoms with Crippen LogP contribution in [0.3, 0.4) is 0 Å². The van der Waals surface area contributed by atoms with Crippen molar-refractivity contribution in [1.82, 2.24) is 0 Å². The van der Waals surface area contributed by atoms with Crippen LogP contribution in [0.15, 0.2) is 12.3 Å². The van der Waals surface area contributed by atoms with Crippen molar-refractivity contribution in [3.05, 3.63) is 12.3 Å². The first kappa shape index (κ1) is 7.68. The summed E-state index contributed by atoms with van der Waals surface area (Å²) in [5.41, 5.74) is 0. The number of rotatable bonds is 2. The molecule has 0 spiro atoms. The summed E-state index contributed by atoms with van der Waals surface area (Å²) in [7, 11) is 0. The molecule has 0 unspecified atom stereocenters. The largest absolute Gasteiger partial charge is 0.520 e. The molecule has 4 heteroatoms. The van der Waals surface area contributed by atoms with E-state index in [0.29, 0.717) is 0 Å². The summed E-state index contributed by atoms with van der Waals surface area (Å²) < 4.78 is 7.91. The molecule has 0 heterocycles. The van der Waals surface area contributed by atoms with Crippen LogP contribution in [0.5, 0.6) is 0 Å². The molecule has 0 rings (SSSR count). The second kappa shape index (κ2) is 4.83. The van der Waals surface area contributed by atoms with E-state index in [0.717, 1.165) is 6.26 Å². The molecule has 0 radical (unpaired) electrons. The summed E-state index contributed by atoms with van der Waals surface area (Å²) >= 11 is 0. The van der Waals surface area contributed by atoms with E-state index in [1.54, 1.807) is 6.92 Å². The van der Waals surface area contributed by atoms with Gasteiger partial charge in [-0.1, -0.05) is 6.08 Å². The molecule has 0 aliphatic carbocycles. The second-order valence-electron chi connectivity index (χ2n) is 1.05.